The van der Waals surface area contributed by atoms with Gasteiger partial charge in [0.1, 0.15) is 5.41 Å². The minimum Gasteiger partial charge on any atom is -0.306 e. The lowest BCUT2D eigenvalue weighted by atomic mass is 9.96. The van der Waals surface area contributed by atoms with E-state index < -0.39 is 0 Å². The Morgan fingerprint density at radius 1 is 1.75 bits per heavy atom. The molecule has 0 aromatic carbocycles. The molecule has 0 aromatic rings. The highest BCUT2D eigenvalue weighted by atomic mass is 28.1. The first kappa shape index (κ1) is 7.63. The lowest BCUT2D eigenvalue weighted by Gasteiger charge is -2.13. The fraction of sp³-hybridized carbons (Fsp3) is 0.500. The molecule has 8 heavy (non-hydrogen) atoms. The molecule has 0 heterocycles. The van der Waals surface area contributed by atoms with Gasteiger partial charge in [0.2, 0.25) is 0 Å². The quantitative estimate of drug-likeness (QED) is 0.380. The van der Waals surface area contributed by atoms with E-state index in [1.165, 1.54) is 0 Å². The SMILES string of the molecule is C=CC(C)(C)C(=O)[SiH3]. The highest BCUT2D eigenvalue weighted by molar-refractivity contribution is 6.59. The molecule has 0 radical (unpaired) electrons. The second-order valence-electron chi connectivity index (χ2n) is 2.48. The van der Waals surface area contributed by atoms with Crippen LogP contribution >= 0.6 is 0 Å². The van der Waals surface area contributed by atoms with Crippen molar-refractivity contribution in [2.45, 2.75) is 13.8 Å². The normalized spacial score (nSPS) is 11.2. The molecule has 0 aliphatic heterocycles. The Morgan fingerprint density at radius 3 is 2.12 bits per heavy atom. The summed E-state index contributed by atoms with van der Waals surface area (Å²) in [6.45, 7) is 7.32. The van der Waals surface area contributed by atoms with Crippen molar-refractivity contribution in [3.63, 3.8) is 0 Å². The predicted octanol–water partition coefficient (Wildman–Crippen LogP) is 0.0906. The Morgan fingerprint density at radius 2 is 2.12 bits per heavy atom. The van der Waals surface area contributed by atoms with Gasteiger partial charge in [0.25, 0.3) is 0 Å². The first-order chi connectivity index (χ1) is 3.50. The summed E-state index contributed by atoms with van der Waals surface area (Å²) < 4.78 is 0. The van der Waals surface area contributed by atoms with E-state index in [1.54, 1.807) is 6.08 Å². The van der Waals surface area contributed by atoms with Crippen LogP contribution in [0.5, 0.6) is 0 Å². The summed E-state index contributed by atoms with van der Waals surface area (Å²) >= 11 is 0. The fourth-order valence-corrected chi connectivity index (χ4v) is 0.348. The van der Waals surface area contributed by atoms with Gasteiger partial charge in [-0.25, -0.2) is 0 Å². The third-order valence-electron chi connectivity index (χ3n) is 1.42. The van der Waals surface area contributed by atoms with Crippen LogP contribution < -0.4 is 0 Å². The van der Waals surface area contributed by atoms with Gasteiger partial charge >= 0.3 is 0 Å². The number of carbonyl (C=O) groups excluding carboxylic acids is 1. The first-order valence-electron chi connectivity index (χ1n) is 2.65. The van der Waals surface area contributed by atoms with Gasteiger partial charge in [-0.2, -0.15) is 0 Å². The summed E-state index contributed by atoms with van der Waals surface area (Å²) in [6.07, 6.45) is 1.70. The average Bonchev–Trinajstić information content (AvgIpc) is 1.67. The molecular formula is C6H12OSi. The Labute approximate surface area is 53.2 Å². The number of carbonyl (C=O) groups is 1. The van der Waals surface area contributed by atoms with Gasteiger partial charge in [0, 0.05) is 5.41 Å². The molecule has 0 aliphatic rings. The van der Waals surface area contributed by atoms with Crippen LogP contribution in [0.25, 0.3) is 0 Å². The van der Waals surface area contributed by atoms with Crippen LogP contribution in [0.15, 0.2) is 12.7 Å². The molecule has 0 atom stereocenters. The summed E-state index contributed by atoms with van der Waals surface area (Å²) in [5, 5.41) is 0.299. The number of allylic oxidation sites excluding steroid dienone is 1. The molecule has 0 unspecified atom stereocenters. The molecule has 0 saturated heterocycles. The molecule has 1 nitrogen and oxygen atoms in total. The summed E-state index contributed by atoms with van der Waals surface area (Å²) in [6, 6.07) is 0. The minimum atomic E-state index is -0.272. The maximum atomic E-state index is 10.7. The van der Waals surface area contributed by atoms with Gasteiger partial charge in [-0.3, -0.25) is 0 Å². The van der Waals surface area contributed by atoms with Crippen LogP contribution in [0, 0.1) is 5.41 Å². The summed E-state index contributed by atoms with van der Waals surface area (Å²) in [4.78, 5) is 10.7. The van der Waals surface area contributed by atoms with E-state index in [9.17, 15) is 4.79 Å². The topological polar surface area (TPSA) is 17.1 Å². The van der Waals surface area contributed by atoms with E-state index in [4.69, 9.17) is 0 Å². The third-order valence-corrected chi connectivity index (χ3v) is 2.71. The van der Waals surface area contributed by atoms with Crippen LogP contribution in [0.1, 0.15) is 13.8 Å². The van der Waals surface area contributed by atoms with E-state index in [2.05, 4.69) is 6.58 Å². The molecule has 0 bridgehead atoms. The Kier molecular flexibility index (Phi) is 2.16. The smallest absolute Gasteiger partial charge is 0.109 e. The monoisotopic (exact) mass is 128 g/mol. The van der Waals surface area contributed by atoms with E-state index in [-0.39, 0.29) is 5.41 Å². The van der Waals surface area contributed by atoms with Gasteiger partial charge in [0.15, 0.2) is 0 Å². The van der Waals surface area contributed by atoms with Crippen molar-refractivity contribution in [3.05, 3.63) is 12.7 Å². The van der Waals surface area contributed by atoms with Gasteiger partial charge in [-0.1, -0.05) is 6.08 Å². The van der Waals surface area contributed by atoms with Crippen LogP contribution in [0.3, 0.4) is 0 Å². The number of hydrogen-bond acceptors (Lipinski definition) is 1. The summed E-state index contributed by atoms with van der Waals surface area (Å²) in [5.74, 6) is 0. The van der Waals surface area contributed by atoms with Gasteiger partial charge in [-0.15, -0.1) is 6.58 Å². The molecule has 0 N–H and O–H groups in total. The van der Waals surface area contributed by atoms with Crippen molar-refractivity contribution in [1.29, 1.82) is 0 Å². The molecule has 46 valence electrons. The van der Waals surface area contributed by atoms with Crippen LogP contribution in [0.4, 0.5) is 0 Å². The van der Waals surface area contributed by atoms with Gasteiger partial charge < -0.3 is 4.79 Å². The molecular weight excluding hydrogens is 116 g/mol. The fourth-order valence-electron chi connectivity index (χ4n) is 0.144. The third kappa shape index (κ3) is 1.62. The molecule has 0 fully saturated rings. The van der Waals surface area contributed by atoms with Crippen molar-refractivity contribution in [3.8, 4) is 0 Å². The molecule has 0 spiro atoms. The maximum Gasteiger partial charge on any atom is 0.109 e. The molecule has 0 rings (SSSR count). The predicted molar refractivity (Wildman–Crippen MR) is 38.9 cm³/mol. The van der Waals surface area contributed by atoms with E-state index in [0.29, 0.717) is 15.6 Å². The van der Waals surface area contributed by atoms with E-state index in [0.717, 1.165) is 0 Å². The van der Waals surface area contributed by atoms with Crippen molar-refractivity contribution in [2.75, 3.05) is 0 Å². The standard InChI is InChI=1S/C6H12OSi/c1-4-6(2,3)5(7)8/h4H,1H2,2-3,8H3. The molecule has 0 aromatic heterocycles. The van der Waals surface area contributed by atoms with E-state index in [1.807, 2.05) is 13.8 Å². The Bertz CT molecular complexity index is 116. The lowest BCUT2D eigenvalue weighted by molar-refractivity contribution is -0.117. The zero-order valence-corrected chi connectivity index (χ0v) is 7.69. The summed E-state index contributed by atoms with van der Waals surface area (Å²) in [5.41, 5.74) is -0.272. The average molecular weight is 128 g/mol. The minimum absolute atomic E-state index is 0.272. The molecule has 0 amide bonds. The second-order valence-corrected chi connectivity index (χ2v) is 3.39. The molecule has 0 saturated carbocycles. The number of rotatable bonds is 2. The van der Waals surface area contributed by atoms with Crippen molar-refractivity contribution in [1.82, 2.24) is 0 Å². The Balaban J connectivity index is 4.12. The highest BCUT2D eigenvalue weighted by Crippen LogP contribution is 2.14. The zero-order chi connectivity index (χ0) is 6.78. The zero-order valence-electron chi connectivity index (χ0n) is 5.69. The first-order valence-corrected chi connectivity index (χ1v) is 3.65. The lowest BCUT2D eigenvalue weighted by Crippen LogP contribution is -2.20. The molecule has 0 aliphatic carbocycles. The maximum absolute atomic E-state index is 10.7. The van der Waals surface area contributed by atoms with Crippen molar-refractivity contribution < 1.29 is 4.79 Å². The van der Waals surface area contributed by atoms with Crippen molar-refractivity contribution >= 4 is 15.6 Å². The van der Waals surface area contributed by atoms with Crippen LogP contribution in [0.2, 0.25) is 0 Å². The van der Waals surface area contributed by atoms with Crippen LogP contribution in [-0.2, 0) is 4.79 Å². The van der Waals surface area contributed by atoms with Gasteiger partial charge in [0.05, 0.1) is 10.2 Å². The molecule has 2 heteroatoms. The Hall–Kier alpha value is -0.373. The van der Waals surface area contributed by atoms with Crippen molar-refractivity contribution in [2.24, 2.45) is 5.41 Å². The van der Waals surface area contributed by atoms with Crippen LogP contribution in [-0.4, -0.2) is 15.6 Å². The largest absolute Gasteiger partial charge is 0.306 e. The highest BCUT2D eigenvalue weighted by Gasteiger charge is 2.17. The van der Waals surface area contributed by atoms with E-state index >= 15 is 0 Å². The van der Waals surface area contributed by atoms with Gasteiger partial charge in [-0.05, 0) is 13.8 Å². The second kappa shape index (κ2) is 2.26. The number of hydrogen-bond donors (Lipinski definition) is 0. The summed E-state index contributed by atoms with van der Waals surface area (Å²) in [7, 11) is 0.627.